The van der Waals surface area contributed by atoms with Gasteiger partial charge in [0.2, 0.25) is 0 Å². The molecule has 3 heterocycles. The first-order chi connectivity index (χ1) is 18.1. The zero-order valence-electron chi connectivity index (χ0n) is 19.7. The second kappa shape index (κ2) is 9.82. The molecule has 0 unspecified atom stereocenters. The first kappa shape index (κ1) is 25.3. The minimum Gasteiger partial charge on any atom is -0.457 e. The van der Waals surface area contributed by atoms with E-state index in [9.17, 15) is 28.1 Å². The van der Waals surface area contributed by atoms with E-state index in [1.54, 1.807) is 35.7 Å². The van der Waals surface area contributed by atoms with E-state index in [0.29, 0.717) is 5.75 Å². The Labute approximate surface area is 218 Å². The predicted octanol–water partition coefficient (Wildman–Crippen LogP) is 6.87. The number of nitrogens with one attached hydrogen (secondary N) is 2. The summed E-state index contributed by atoms with van der Waals surface area (Å²) in [4.78, 5) is 24.5. The fourth-order valence-electron chi connectivity index (χ4n) is 4.19. The highest BCUT2D eigenvalue weighted by molar-refractivity contribution is 7.10. The first-order valence-electron chi connectivity index (χ1n) is 11.4. The van der Waals surface area contributed by atoms with Gasteiger partial charge in [0.1, 0.15) is 17.3 Å². The highest BCUT2D eigenvalue weighted by Crippen LogP contribution is 2.44. The average Bonchev–Trinajstić information content (AvgIpc) is 3.53. The lowest BCUT2D eigenvalue weighted by Gasteiger charge is -2.32. The number of nitro groups is 1. The van der Waals surface area contributed by atoms with Crippen molar-refractivity contribution in [2.75, 3.05) is 10.6 Å². The summed E-state index contributed by atoms with van der Waals surface area (Å²) < 4.78 is 48.2. The summed E-state index contributed by atoms with van der Waals surface area (Å²) in [6, 6.07) is 12.9. The van der Waals surface area contributed by atoms with Crippen molar-refractivity contribution in [1.29, 1.82) is 0 Å². The highest BCUT2D eigenvalue weighted by atomic mass is 32.1. The van der Waals surface area contributed by atoms with E-state index in [2.05, 4.69) is 15.7 Å². The van der Waals surface area contributed by atoms with Gasteiger partial charge in [-0.3, -0.25) is 14.9 Å². The Morgan fingerprint density at radius 1 is 1.18 bits per heavy atom. The minimum absolute atomic E-state index is 0.0228. The number of alkyl halides is 3. The van der Waals surface area contributed by atoms with Crippen LogP contribution in [-0.4, -0.2) is 26.8 Å². The molecule has 1 aliphatic heterocycles. The lowest BCUT2D eigenvalue weighted by molar-refractivity contribution is -0.384. The number of hydrogen-bond donors (Lipinski definition) is 2. The van der Waals surface area contributed by atoms with Gasteiger partial charge < -0.3 is 15.4 Å². The number of non-ortho nitro benzene ring substituents is 1. The van der Waals surface area contributed by atoms with Crippen molar-refractivity contribution in [3.05, 3.63) is 92.3 Å². The minimum atomic E-state index is -4.59. The molecule has 0 saturated carbocycles. The van der Waals surface area contributed by atoms with Gasteiger partial charge in [-0.25, -0.2) is 4.68 Å². The molecule has 38 heavy (non-hydrogen) atoms. The molecule has 0 bridgehead atoms. The lowest BCUT2D eigenvalue weighted by Crippen LogP contribution is -2.35. The van der Waals surface area contributed by atoms with Crippen LogP contribution in [0.15, 0.2) is 66.0 Å². The van der Waals surface area contributed by atoms with Gasteiger partial charge in [0, 0.05) is 29.5 Å². The molecule has 0 aliphatic carbocycles. The summed E-state index contributed by atoms with van der Waals surface area (Å²) in [6.07, 6.45) is -4.88. The highest BCUT2D eigenvalue weighted by Gasteiger charge is 2.47. The number of fused-ring (bicyclic) bond motifs is 1. The molecule has 0 saturated heterocycles. The molecule has 2 aromatic carbocycles. The van der Waals surface area contributed by atoms with Crippen LogP contribution in [-0.2, 0) is 0 Å². The molecule has 2 atom stereocenters. The van der Waals surface area contributed by atoms with E-state index in [-0.39, 0.29) is 35.1 Å². The molecule has 0 spiro atoms. The molecular formula is C25H20F3N5O4S. The Bertz CT molecular complexity index is 1500. The number of thiophene rings is 1. The molecule has 13 heteroatoms. The van der Waals surface area contributed by atoms with Crippen LogP contribution in [0.2, 0.25) is 0 Å². The Hall–Kier alpha value is -4.39. The normalized spacial score (nSPS) is 16.8. The molecule has 4 aromatic rings. The topological polar surface area (TPSA) is 111 Å². The van der Waals surface area contributed by atoms with Crippen LogP contribution in [0, 0.1) is 17.0 Å². The standard InChI is InChI=1S/C25H20F3N5O4S/c1-14-4-2-5-17(8-14)37-18-10-15(9-16(11-18)33(35)36)29-24(34)20-13-23-30-19(21-6-3-7-38-21)12-22(25(26,27)28)32(23)31-20/h2-11,13,19,22,30H,12H2,1H3,(H,29,34)/t19-,22-/m0/s1. The van der Waals surface area contributed by atoms with Crippen LogP contribution >= 0.6 is 11.3 Å². The number of ether oxygens (including phenoxy) is 1. The van der Waals surface area contributed by atoms with Gasteiger partial charge in [0.25, 0.3) is 11.6 Å². The van der Waals surface area contributed by atoms with Crippen molar-refractivity contribution < 1.29 is 27.6 Å². The number of aryl methyl sites for hydroxylation is 1. The van der Waals surface area contributed by atoms with Crippen LogP contribution < -0.4 is 15.4 Å². The van der Waals surface area contributed by atoms with Crippen LogP contribution in [0.1, 0.15) is 39.4 Å². The van der Waals surface area contributed by atoms with E-state index in [1.807, 2.05) is 13.0 Å². The average molecular weight is 544 g/mol. The summed E-state index contributed by atoms with van der Waals surface area (Å²) in [5.41, 5.74) is 0.320. The Morgan fingerprint density at radius 2 is 2.00 bits per heavy atom. The van der Waals surface area contributed by atoms with Gasteiger partial charge >= 0.3 is 6.18 Å². The first-order valence-corrected chi connectivity index (χ1v) is 12.3. The van der Waals surface area contributed by atoms with Gasteiger partial charge in [-0.2, -0.15) is 18.3 Å². The van der Waals surface area contributed by atoms with E-state index >= 15 is 0 Å². The number of aromatic nitrogens is 2. The third-order valence-corrected chi connectivity index (χ3v) is 6.88. The molecule has 9 nitrogen and oxygen atoms in total. The number of nitro benzene ring substituents is 1. The number of carbonyl (C=O) groups excluding carboxylic acids is 1. The summed E-state index contributed by atoms with van der Waals surface area (Å²) in [5.74, 6) is -0.245. The second-order valence-electron chi connectivity index (χ2n) is 8.71. The molecule has 0 fully saturated rings. The van der Waals surface area contributed by atoms with Gasteiger partial charge in [-0.05, 0) is 36.1 Å². The Kier molecular flexibility index (Phi) is 6.53. The summed E-state index contributed by atoms with van der Waals surface area (Å²) in [6.45, 7) is 1.86. The van der Waals surface area contributed by atoms with Crippen molar-refractivity contribution in [3.8, 4) is 11.5 Å². The predicted molar refractivity (Wildman–Crippen MR) is 135 cm³/mol. The van der Waals surface area contributed by atoms with E-state index < -0.39 is 29.1 Å². The Balaban J connectivity index is 1.42. The molecule has 2 N–H and O–H groups in total. The largest absolute Gasteiger partial charge is 0.457 e. The summed E-state index contributed by atoms with van der Waals surface area (Å²) >= 11 is 1.33. The van der Waals surface area contributed by atoms with Crippen LogP contribution in [0.3, 0.4) is 0 Å². The number of carbonyl (C=O) groups is 1. The molecule has 0 radical (unpaired) electrons. The third-order valence-electron chi connectivity index (χ3n) is 5.89. The maximum Gasteiger partial charge on any atom is 0.410 e. The number of hydrogen-bond acceptors (Lipinski definition) is 7. The number of nitrogens with zero attached hydrogens (tertiary/aromatic N) is 3. The van der Waals surface area contributed by atoms with Crippen molar-refractivity contribution in [2.45, 2.75) is 31.6 Å². The third kappa shape index (κ3) is 5.32. The maximum absolute atomic E-state index is 13.9. The van der Waals surface area contributed by atoms with Crippen molar-refractivity contribution in [2.24, 2.45) is 0 Å². The quantitative estimate of drug-likeness (QED) is 0.203. The van der Waals surface area contributed by atoms with Gasteiger partial charge in [-0.15, -0.1) is 11.3 Å². The number of anilines is 2. The molecule has 1 aliphatic rings. The molecule has 196 valence electrons. The van der Waals surface area contributed by atoms with E-state index in [0.717, 1.165) is 21.2 Å². The maximum atomic E-state index is 13.9. The van der Waals surface area contributed by atoms with Crippen molar-refractivity contribution in [1.82, 2.24) is 9.78 Å². The molecule has 5 rings (SSSR count). The second-order valence-corrected chi connectivity index (χ2v) is 9.69. The monoisotopic (exact) mass is 543 g/mol. The van der Waals surface area contributed by atoms with Crippen molar-refractivity contribution >= 4 is 34.4 Å². The molecule has 2 aromatic heterocycles. The zero-order valence-corrected chi connectivity index (χ0v) is 20.5. The summed E-state index contributed by atoms with van der Waals surface area (Å²) in [5, 5.41) is 22.7. The number of amides is 1. The van der Waals surface area contributed by atoms with Crippen LogP contribution in [0.25, 0.3) is 0 Å². The lowest BCUT2D eigenvalue weighted by atomic mass is 10.0. The Morgan fingerprint density at radius 3 is 2.68 bits per heavy atom. The van der Waals surface area contributed by atoms with E-state index in [1.165, 1.54) is 29.5 Å². The van der Waals surface area contributed by atoms with Crippen LogP contribution in [0.5, 0.6) is 11.5 Å². The van der Waals surface area contributed by atoms with Gasteiger partial charge in [-0.1, -0.05) is 18.2 Å². The fraction of sp³-hybridized carbons (Fsp3) is 0.200. The van der Waals surface area contributed by atoms with E-state index in [4.69, 9.17) is 4.74 Å². The summed E-state index contributed by atoms with van der Waals surface area (Å²) in [7, 11) is 0. The van der Waals surface area contributed by atoms with Crippen LogP contribution in [0.4, 0.5) is 30.4 Å². The SMILES string of the molecule is Cc1cccc(Oc2cc(NC(=O)c3cc4n(n3)[C@H](C(F)(F)F)C[C@@H](c3cccs3)N4)cc([N+](=O)[O-])c2)c1. The molecular weight excluding hydrogens is 523 g/mol. The number of rotatable bonds is 6. The molecule has 1 amide bonds. The van der Waals surface area contributed by atoms with Crippen molar-refractivity contribution in [3.63, 3.8) is 0 Å². The van der Waals surface area contributed by atoms with Gasteiger partial charge in [0.05, 0.1) is 22.7 Å². The number of halogens is 3. The number of benzene rings is 2. The van der Waals surface area contributed by atoms with Gasteiger partial charge in [0.15, 0.2) is 11.7 Å². The smallest absolute Gasteiger partial charge is 0.410 e. The fourth-order valence-corrected chi connectivity index (χ4v) is 4.98. The zero-order chi connectivity index (χ0) is 27.0.